The second-order valence-corrected chi connectivity index (χ2v) is 30.4. The van der Waals surface area contributed by atoms with Crippen molar-refractivity contribution in [1.82, 2.24) is 0 Å². The van der Waals surface area contributed by atoms with Gasteiger partial charge in [0.1, 0.15) is 0 Å². The second kappa shape index (κ2) is 12.1. The summed E-state index contributed by atoms with van der Waals surface area (Å²) in [5.41, 5.74) is 6.51. The molecule has 0 heterocycles. The van der Waals surface area contributed by atoms with Crippen LogP contribution in [-0.4, -0.2) is 5.43 Å². The molecule has 4 aromatic rings. The summed E-state index contributed by atoms with van der Waals surface area (Å²) in [6.07, 6.45) is 0. The maximum atomic E-state index is 5.62. The average Bonchev–Trinajstić information content (AvgIpc) is 3.23. The summed E-state index contributed by atoms with van der Waals surface area (Å²) in [5, 5.41) is 2.69. The Bertz CT molecular complexity index is 1020. The van der Waals surface area contributed by atoms with E-state index in [2.05, 4.69) is 113 Å². The molecule has 0 aliphatic heterocycles. The van der Waals surface area contributed by atoms with E-state index < -0.39 is 18.0 Å². The number of aryl methyl sites for hydroxylation is 3. The molecule has 0 saturated heterocycles. The van der Waals surface area contributed by atoms with Crippen LogP contribution in [0.3, 0.4) is 0 Å². The molecule has 0 amide bonds. The van der Waals surface area contributed by atoms with Crippen molar-refractivity contribution in [3.05, 3.63) is 95.6 Å². The molecule has 4 rings (SSSR count). The van der Waals surface area contributed by atoms with E-state index in [1.165, 1.54) is 38.6 Å². The van der Waals surface area contributed by atoms with Gasteiger partial charge < -0.3 is 0 Å². The summed E-state index contributed by atoms with van der Waals surface area (Å²) in [7, 11) is 11.2. The van der Waals surface area contributed by atoms with E-state index in [1.54, 1.807) is 0 Å². The largest absolute Gasteiger partial charge is 0.203 e. The van der Waals surface area contributed by atoms with Crippen molar-refractivity contribution in [2.24, 2.45) is 0 Å². The zero-order valence-electron chi connectivity index (χ0n) is 17.8. The maximum Gasteiger partial charge on any atom is -0.0579 e. The van der Waals surface area contributed by atoms with Gasteiger partial charge in [0.2, 0.25) is 0 Å². The molecule has 0 nitrogen and oxygen atoms in total. The number of benzene rings is 2. The Morgan fingerprint density at radius 3 is 1.83 bits per heavy atom. The first kappa shape index (κ1) is 24.4. The Hall–Kier alpha value is -0.920. The van der Waals surface area contributed by atoms with Crippen LogP contribution < -0.4 is 0 Å². The Morgan fingerprint density at radius 2 is 1.31 bits per heavy atom. The third-order valence-corrected chi connectivity index (χ3v) is 24.2. The van der Waals surface area contributed by atoms with Gasteiger partial charge >= 0.3 is 53.5 Å². The molecule has 29 heavy (non-hydrogen) atoms. The van der Waals surface area contributed by atoms with E-state index in [9.17, 15) is 0 Å². The molecular weight excluding hydrogens is 490 g/mol. The molecule has 0 aliphatic rings. The van der Waals surface area contributed by atoms with Gasteiger partial charge in [0.15, 0.2) is 0 Å². The predicted molar refractivity (Wildman–Crippen MR) is 130 cm³/mol. The molecular formula is C25H28Cl2SiZr-2. The van der Waals surface area contributed by atoms with Gasteiger partial charge in [-0.1, -0.05) is 62.7 Å². The second-order valence-electron chi connectivity index (χ2n) is 7.42. The Labute approximate surface area is 190 Å². The SMILES string of the molecule is C[Si](C)=[Zr]([Cl])[Cl].Cc1cc(-c2ccccc2)c(C)[cH-]1.Cc1cc2ccccc2[cH-]1. The van der Waals surface area contributed by atoms with Gasteiger partial charge in [0.05, 0.1) is 0 Å². The molecule has 0 unspecified atom stereocenters. The first-order chi connectivity index (χ1) is 13.8. The molecule has 0 aromatic heterocycles. The van der Waals surface area contributed by atoms with Crippen molar-refractivity contribution in [2.75, 3.05) is 0 Å². The van der Waals surface area contributed by atoms with Gasteiger partial charge in [-0.15, -0.1) is 40.6 Å². The molecule has 0 fully saturated rings. The van der Waals surface area contributed by atoms with Crippen LogP contribution in [0, 0.1) is 20.8 Å². The molecule has 0 spiro atoms. The fourth-order valence-corrected chi connectivity index (χ4v) is 3.04. The third-order valence-electron chi connectivity index (χ3n) is 4.47. The predicted octanol–water partition coefficient (Wildman–Crippen LogP) is 8.72. The number of hydrogen-bond acceptors (Lipinski definition) is 0. The van der Waals surface area contributed by atoms with E-state index in [1.807, 2.05) is 0 Å². The first-order valence-electron chi connectivity index (χ1n) is 9.68. The Kier molecular flexibility index (Phi) is 10.1. The molecule has 0 saturated carbocycles. The first-order valence-corrected chi connectivity index (χ1v) is 22.2. The van der Waals surface area contributed by atoms with Crippen molar-refractivity contribution in [2.45, 2.75) is 33.9 Å². The molecule has 152 valence electrons. The number of rotatable bonds is 1. The van der Waals surface area contributed by atoms with E-state index in [-0.39, 0.29) is 5.43 Å². The van der Waals surface area contributed by atoms with Crippen LogP contribution in [0.5, 0.6) is 0 Å². The molecule has 0 aliphatic carbocycles. The molecule has 0 bridgehead atoms. The van der Waals surface area contributed by atoms with Gasteiger partial charge in [0, 0.05) is 0 Å². The van der Waals surface area contributed by atoms with Crippen LogP contribution in [0.25, 0.3) is 21.9 Å². The Morgan fingerprint density at radius 1 is 0.759 bits per heavy atom. The minimum Gasteiger partial charge on any atom is -0.203 e. The molecule has 0 N–H and O–H groups in total. The minimum atomic E-state index is -1.65. The quantitative estimate of drug-likeness (QED) is 0.175. The standard InChI is InChI=1S/C13H13.C10H9.C2H6Si.2ClH.Zr/c1-10-8-11(2)13(9-10)12-6-4-3-5-7-12;1-8-6-9-4-2-3-5-10(9)7-8;1-3-2;;;/h3-9H,1-2H3;2-7H,1H3;1-2H3;2*1H;/q2*-1;;;;+2/p-2. The summed E-state index contributed by atoms with van der Waals surface area (Å²) in [4.78, 5) is 0. The monoisotopic (exact) mass is 516 g/mol. The summed E-state index contributed by atoms with van der Waals surface area (Å²) < 4.78 is 0. The van der Waals surface area contributed by atoms with Crippen molar-refractivity contribution >= 4 is 33.2 Å². The van der Waals surface area contributed by atoms with Gasteiger partial charge in [-0.25, -0.2) is 6.07 Å². The summed E-state index contributed by atoms with van der Waals surface area (Å²) in [6, 6.07) is 27.8. The summed E-state index contributed by atoms with van der Waals surface area (Å²) in [6.45, 7) is 10.8. The van der Waals surface area contributed by atoms with Gasteiger partial charge in [-0.2, -0.15) is 28.8 Å². The normalized spacial score (nSPS) is 9.90. The number of hydrogen-bond donors (Lipinski definition) is 0. The zero-order chi connectivity index (χ0) is 21.4. The summed E-state index contributed by atoms with van der Waals surface area (Å²) in [5.74, 6) is 0. The van der Waals surface area contributed by atoms with Crippen LogP contribution >= 0.6 is 17.0 Å². The van der Waals surface area contributed by atoms with Crippen LogP contribution in [0.2, 0.25) is 13.1 Å². The van der Waals surface area contributed by atoms with Crippen LogP contribution in [-0.2, 0) is 18.0 Å². The smallest absolute Gasteiger partial charge is 0.0579 e. The van der Waals surface area contributed by atoms with Gasteiger partial charge in [-0.3, -0.25) is 0 Å². The number of halogens is 2. The minimum absolute atomic E-state index is 0.224. The fourth-order valence-electron chi connectivity index (χ4n) is 3.04. The fraction of sp³-hybridized carbons (Fsp3) is 0.200. The Balaban J connectivity index is 0.000000167. The third kappa shape index (κ3) is 8.02. The van der Waals surface area contributed by atoms with E-state index in [4.69, 9.17) is 17.0 Å². The van der Waals surface area contributed by atoms with E-state index >= 15 is 0 Å². The van der Waals surface area contributed by atoms with Crippen molar-refractivity contribution < 1.29 is 18.0 Å². The summed E-state index contributed by atoms with van der Waals surface area (Å²) >= 11 is -1.65. The number of fused-ring (bicyclic) bond motifs is 1. The average molecular weight is 519 g/mol. The van der Waals surface area contributed by atoms with Gasteiger partial charge in [0.25, 0.3) is 0 Å². The zero-order valence-corrected chi connectivity index (χ0v) is 22.7. The van der Waals surface area contributed by atoms with Crippen molar-refractivity contribution in [3.8, 4) is 11.1 Å². The molecule has 0 atom stereocenters. The molecule has 4 aromatic carbocycles. The molecule has 0 radical (unpaired) electrons. The van der Waals surface area contributed by atoms with Crippen LogP contribution in [0.1, 0.15) is 16.7 Å². The molecule has 4 heteroatoms. The van der Waals surface area contributed by atoms with E-state index in [0.717, 1.165) is 0 Å². The topological polar surface area (TPSA) is 0 Å². The van der Waals surface area contributed by atoms with E-state index in [0.29, 0.717) is 0 Å². The van der Waals surface area contributed by atoms with Crippen LogP contribution in [0.4, 0.5) is 0 Å². The maximum absolute atomic E-state index is 5.62. The van der Waals surface area contributed by atoms with Crippen molar-refractivity contribution in [1.29, 1.82) is 0 Å². The van der Waals surface area contributed by atoms with Crippen LogP contribution in [0.15, 0.2) is 78.9 Å². The van der Waals surface area contributed by atoms with Crippen molar-refractivity contribution in [3.63, 3.8) is 0 Å². The van der Waals surface area contributed by atoms with Gasteiger partial charge in [-0.05, 0) is 0 Å².